The molecule has 0 heterocycles. The molecule has 0 spiro atoms. The van der Waals surface area contributed by atoms with Crippen LogP contribution in [0, 0.1) is 0 Å². The third-order valence-electron chi connectivity index (χ3n) is 2.77. The zero-order valence-corrected chi connectivity index (χ0v) is 9.05. The van der Waals surface area contributed by atoms with Crippen molar-refractivity contribution >= 4 is 10.0 Å². The van der Waals surface area contributed by atoms with Crippen LogP contribution >= 0.6 is 0 Å². The largest absolute Gasteiger partial charge is 0.326 e. The lowest BCUT2D eigenvalue weighted by atomic mass is 9.91. The first kappa shape index (κ1) is 10.9. The van der Waals surface area contributed by atoms with Crippen LogP contribution in [0.15, 0.2) is 0 Å². The van der Waals surface area contributed by atoms with Gasteiger partial charge in [0.05, 0.1) is 6.26 Å². The monoisotopic (exact) mass is 206 g/mol. The van der Waals surface area contributed by atoms with E-state index in [-0.39, 0.29) is 12.1 Å². The van der Waals surface area contributed by atoms with Gasteiger partial charge < -0.3 is 5.73 Å². The van der Waals surface area contributed by atoms with E-state index in [4.69, 9.17) is 5.73 Å². The van der Waals surface area contributed by atoms with Crippen molar-refractivity contribution in [1.29, 1.82) is 0 Å². The summed E-state index contributed by atoms with van der Waals surface area (Å²) in [7, 11) is -1.47. The standard InChI is InChI=1S/C8H18N2O2S/c1-10(13(2,11)12)8-6-4-3-5-7(8)9/h7-8H,3-6,9H2,1-2H3. The Labute approximate surface area is 80.1 Å². The number of sulfonamides is 1. The summed E-state index contributed by atoms with van der Waals surface area (Å²) in [6.07, 6.45) is 5.26. The van der Waals surface area contributed by atoms with E-state index < -0.39 is 10.0 Å². The molecule has 0 aliphatic heterocycles. The molecule has 2 N–H and O–H groups in total. The topological polar surface area (TPSA) is 63.4 Å². The Hall–Kier alpha value is -0.130. The molecule has 0 aromatic carbocycles. The third kappa shape index (κ3) is 2.65. The highest BCUT2D eigenvalue weighted by molar-refractivity contribution is 7.88. The molecule has 1 rings (SSSR count). The van der Waals surface area contributed by atoms with Crippen LogP contribution in [0.5, 0.6) is 0 Å². The first-order valence-corrected chi connectivity index (χ1v) is 6.46. The molecule has 78 valence electrons. The van der Waals surface area contributed by atoms with Gasteiger partial charge in [-0.15, -0.1) is 0 Å². The van der Waals surface area contributed by atoms with Gasteiger partial charge in [-0.1, -0.05) is 12.8 Å². The fraction of sp³-hybridized carbons (Fsp3) is 1.00. The Morgan fingerprint density at radius 2 is 1.85 bits per heavy atom. The minimum Gasteiger partial charge on any atom is -0.326 e. The molecule has 2 atom stereocenters. The van der Waals surface area contributed by atoms with E-state index in [0.29, 0.717) is 0 Å². The third-order valence-corrected chi connectivity index (χ3v) is 4.09. The number of rotatable bonds is 2. The SMILES string of the molecule is CN(C1CCCCC1N)S(C)(=O)=O. The van der Waals surface area contributed by atoms with Crippen molar-refractivity contribution in [2.45, 2.75) is 37.8 Å². The second-order valence-corrected chi connectivity index (χ2v) is 5.84. The van der Waals surface area contributed by atoms with Gasteiger partial charge in [-0.3, -0.25) is 0 Å². The minimum atomic E-state index is -3.08. The van der Waals surface area contributed by atoms with Crippen molar-refractivity contribution in [2.75, 3.05) is 13.3 Å². The molecule has 0 saturated heterocycles. The van der Waals surface area contributed by atoms with Crippen molar-refractivity contribution in [1.82, 2.24) is 4.31 Å². The van der Waals surface area contributed by atoms with Crippen molar-refractivity contribution in [3.8, 4) is 0 Å². The van der Waals surface area contributed by atoms with Crippen LogP contribution in [0.3, 0.4) is 0 Å². The quantitative estimate of drug-likeness (QED) is 0.699. The molecule has 0 amide bonds. The van der Waals surface area contributed by atoms with Gasteiger partial charge in [-0.25, -0.2) is 12.7 Å². The summed E-state index contributed by atoms with van der Waals surface area (Å²) in [5, 5.41) is 0. The molecule has 1 fully saturated rings. The lowest BCUT2D eigenvalue weighted by Crippen LogP contribution is -2.49. The zero-order valence-electron chi connectivity index (χ0n) is 8.23. The Morgan fingerprint density at radius 3 is 2.31 bits per heavy atom. The second kappa shape index (κ2) is 3.94. The van der Waals surface area contributed by atoms with Crippen molar-refractivity contribution in [3.05, 3.63) is 0 Å². The molecular formula is C8H18N2O2S. The van der Waals surface area contributed by atoms with E-state index >= 15 is 0 Å². The summed E-state index contributed by atoms with van der Waals surface area (Å²) < 4.78 is 23.9. The summed E-state index contributed by atoms with van der Waals surface area (Å²) in [5.74, 6) is 0. The van der Waals surface area contributed by atoms with E-state index in [0.717, 1.165) is 25.7 Å². The Kier molecular flexibility index (Phi) is 3.32. The molecule has 5 heteroatoms. The van der Waals surface area contributed by atoms with Gasteiger partial charge in [0.2, 0.25) is 10.0 Å². The number of likely N-dealkylation sites (N-methyl/N-ethyl adjacent to an activating group) is 1. The number of hydrogen-bond acceptors (Lipinski definition) is 3. The summed E-state index contributed by atoms with van der Waals surface area (Å²) in [6, 6.07) is 0.0113. The molecule has 0 aromatic heterocycles. The predicted molar refractivity (Wildman–Crippen MR) is 52.8 cm³/mol. The highest BCUT2D eigenvalue weighted by Gasteiger charge is 2.29. The fourth-order valence-electron chi connectivity index (χ4n) is 1.84. The Balaban J connectivity index is 2.70. The molecule has 1 aliphatic carbocycles. The lowest BCUT2D eigenvalue weighted by Gasteiger charge is -2.34. The smallest absolute Gasteiger partial charge is 0.211 e. The van der Waals surface area contributed by atoms with Gasteiger partial charge in [-0.05, 0) is 12.8 Å². The minimum absolute atomic E-state index is 0.00347. The van der Waals surface area contributed by atoms with Crippen LogP contribution in [0.25, 0.3) is 0 Å². The molecule has 0 bridgehead atoms. The van der Waals surface area contributed by atoms with E-state index in [1.54, 1.807) is 7.05 Å². The van der Waals surface area contributed by atoms with Crippen LogP contribution in [0.2, 0.25) is 0 Å². The summed E-state index contributed by atoms with van der Waals surface area (Å²) in [6.45, 7) is 0. The number of hydrogen-bond donors (Lipinski definition) is 1. The van der Waals surface area contributed by atoms with E-state index in [1.165, 1.54) is 10.6 Å². The lowest BCUT2D eigenvalue weighted by molar-refractivity contribution is 0.253. The van der Waals surface area contributed by atoms with Crippen molar-refractivity contribution in [2.24, 2.45) is 5.73 Å². The highest BCUT2D eigenvalue weighted by Crippen LogP contribution is 2.22. The van der Waals surface area contributed by atoms with E-state index in [1.807, 2.05) is 0 Å². The first-order chi connectivity index (χ1) is 5.93. The second-order valence-electron chi connectivity index (χ2n) is 3.79. The maximum atomic E-state index is 11.2. The van der Waals surface area contributed by atoms with E-state index in [9.17, 15) is 8.42 Å². The van der Waals surface area contributed by atoms with Gasteiger partial charge in [-0.2, -0.15) is 0 Å². The molecule has 0 aromatic rings. The molecule has 13 heavy (non-hydrogen) atoms. The fourth-order valence-corrected chi connectivity index (χ4v) is 2.59. The van der Waals surface area contributed by atoms with Gasteiger partial charge in [0, 0.05) is 19.1 Å². The molecule has 1 saturated carbocycles. The molecule has 2 unspecified atom stereocenters. The van der Waals surface area contributed by atoms with Crippen molar-refractivity contribution in [3.63, 3.8) is 0 Å². The Morgan fingerprint density at radius 1 is 1.31 bits per heavy atom. The summed E-state index contributed by atoms with van der Waals surface area (Å²) >= 11 is 0. The number of nitrogens with two attached hydrogens (primary N) is 1. The van der Waals surface area contributed by atoms with Crippen LogP contribution in [-0.2, 0) is 10.0 Å². The first-order valence-electron chi connectivity index (χ1n) is 4.61. The van der Waals surface area contributed by atoms with Crippen LogP contribution in [-0.4, -0.2) is 38.1 Å². The molecular weight excluding hydrogens is 188 g/mol. The Bertz CT molecular complexity index is 263. The van der Waals surface area contributed by atoms with Crippen LogP contribution in [0.1, 0.15) is 25.7 Å². The van der Waals surface area contributed by atoms with Crippen LogP contribution in [0.4, 0.5) is 0 Å². The van der Waals surface area contributed by atoms with Gasteiger partial charge in [0.15, 0.2) is 0 Å². The summed E-state index contributed by atoms with van der Waals surface area (Å²) in [5.41, 5.74) is 5.87. The average Bonchev–Trinajstić information content (AvgIpc) is 2.02. The normalized spacial score (nSPS) is 30.8. The number of nitrogens with zero attached hydrogens (tertiary/aromatic N) is 1. The van der Waals surface area contributed by atoms with E-state index in [2.05, 4.69) is 0 Å². The van der Waals surface area contributed by atoms with Gasteiger partial charge in [0.25, 0.3) is 0 Å². The van der Waals surface area contributed by atoms with Gasteiger partial charge in [0.1, 0.15) is 0 Å². The maximum absolute atomic E-state index is 11.2. The van der Waals surface area contributed by atoms with Gasteiger partial charge >= 0.3 is 0 Å². The van der Waals surface area contributed by atoms with Crippen LogP contribution < -0.4 is 5.73 Å². The highest BCUT2D eigenvalue weighted by atomic mass is 32.2. The molecule has 0 radical (unpaired) electrons. The van der Waals surface area contributed by atoms with Crippen molar-refractivity contribution < 1.29 is 8.42 Å². The molecule has 4 nitrogen and oxygen atoms in total. The predicted octanol–water partition coefficient (Wildman–Crippen LogP) is 0.148. The molecule has 1 aliphatic rings. The summed E-state index contributed by atoms with van der Waals surface area (Å²) in [4.78, 5) is 0. The average molecular weight is 206 g/mol. The maximum Gasteiger partial charge on any atom is 0.211 e. The zero-order chi connectivity index (χ0) is 10.1.